The molecule has 1 nitrogen and oxygen atoms in total. The maximum absolute atomic E-state index is 3.62. The van der Waals surface area contributed by atoms with Gasteiger partial charge in [0, 0.05) is 16.8 Å². The second-order valence-corrected chi connectivity index (χ2v) is 7.95. The Morgan fingerprint density at radius 1 is 0.387 bits per heavy atom. The van der Waals surface area contributed by atoms with E-state index < -0.39 is 0 Å². The fourth-order valence-corrected chi connectivity index (χ4v) is 4.42. The average Bonchev–Trinajstić information content (AvgIpc) is 2.84. The Kier molecular flexibility index (Phi) is 4.18. The van der Waals surface area contributed by atoms with Gasteiger partial charge in [0.25, 0.3) is 0 Å². The van der Waals surface area contributed by atoms with Crippen molar-refractivity contribution < 1.29 is 0 Å². The fraction of sp³-hybridized carbons (Fsp3) is 0. The van der Waals surface area contributed by atoms with E-state index in [2.05, 4.69) is 127 Å². The lowest BCUT2D eigenvalue weighted by Gasteiger charge is -2.12. The molecule has 0 atom stereocenters. The van der Waals surface area contributed by atoms with Gasteiger partial charge >= 0.3 is 0 Å². The van der Waals surface area contributed by atoms with Crippen LogP contribution in [0.15, 0.2) is 121 Å². The van der Waals surface area contributed by atoms with Gasteiger partial charge in [-0.25, -0.2) is 0 Å². The fourth-order valence-electron chi connectivity index (χ4n) is 4.42. The zero-order chi connectivity index (χ0) is 20.6. The van der Waals surface area contributed by atoms with Crippen LogP contribution in [-0.2, 0) is 0 Å². The van der Waals surface area contributed by atoms with E-state index in [0.717, 1.165) is 11.4 Å². The van der Waals surface area contributed by atoms with Gasteiger partial charge in [0.15, 0.2) is 0 Å². The summed E-state index contributed by atoms with van der Waals surface area (Å²) in [6, 6.07) is 43.3. The van der Waals surface area contributed by atoms with E-state index in [1.807, 2.05) is 0 Å². The van der Waals surface area contributed by atoms with Crippen molar-refractivity contribution in [1.82, 2.24) is 0 Å². The van der Waals surface area contributed by atoms with Crippen molar-refractivity contribution >= 4 is 43.7 Å². The lowest BCUT2D eigenvalue weighted by atomic mass is 10.00. The molecule has 0 aromatic heterocycles. The van der Waals surface area contributed by atoms with Crippen LogP contribution in [0.25, 0.3) is 43.4 Å². The van der Waals surface area contributed by atoms with Crippen molar-refractivity contribution in [2.45, 2.75) is 0 Å². The number of nitrogens with one attached hydrogen (secondary N) is 1. The smallest absolute Gasteiger partial charge is 0.0464 e. The van der Waals surface area contributed by atoms with Crippen LogP contribution in [0.3, 0.4) is 0 Å². The minimum Gasteiger partial charge on any atom is -0.355 e. The van der Waals surface area contributed by atoms with Gasteiger partial charge in [-0.05, 0) is 62.3 Å². The van der Waals surface area contributed by atoms with Gasteiger partial charge in [-0.1, -0.05) is 97.1 Å². The lowest BCUT2D eigenvalue weighted by Crippen LogP contribution is -1.92. The Bertz CT molecular complexity index is 1540. The number of hydrogen-bond donors (Lipinski definition) is 1. The topological polar surface area (TPSA) is 12.0 Å². The molecule has 0 aliphatic rings. The SMILES string of the molecule is c1ccc2cc(-c3ccc(Nc4cccc5c4ccc4ccccc45)cc3)ccc2c1. The maximum Gasteiger partial charge on any atom is 0.0464 e. The predicted octanol–water partition coefficient (Wildman–Crippen LogP) is 8.56. The molecule has 0 unspecified atom stereocenters. The van der Waals surface area contributed by atoms with Crippen LogP contribution in [0, 0.1) is 0 Å². The van der Waals surface area contributed by atoms with Crippen LogP contribution in [0.4, 0.5) is 11.4 Å². The molecule has 146 valence electrons. The molecule has 1 heteroatoms. The maximum atomic E-state index is 3.62. The first-order chi connectivity index (χ1) is 15.3. The number of fused-ring (bicyclic) bond motifs is 4. The molecule has 6 aromatic rings. The largest absolute Gasteiger partial charge is 0.355 e. The van der Waals surface area contributed by atoms with Gasteiger partial charge < -0.3 is 5.32 Å². The lowest BCUT2D eigenvalue weighted by molar-refractivity contribution is 1.57. The summed E-state index contributed by atoms with van der Waals surface area (Å²) in [7, 11) is 0. The van der Waals surface area contributed by atoms with Crippen LogP contribution in [0.1, 0.15) is 0 Å². The molecular weight excluding hydrogens is 374 g/mol. The van der Waals surface area contributed by atoms with E-state index in [-0.39, 0.29) is 0 Å². The second-order valence-electron chi connectivity index (χ2n) is 7.95. The minimum absolute atomic E-state index is 1.09. The van der Waals surface area contributed by atoms with E-state index >= 15 is 0 Å². The summed E-state index contributed by atoms with van der Waals surface area (Å²) >= 11 is 0. The molecule has 0 radical (unpaired) electrons. The van der Waals surface area contributed by atoms with E-state index in [4.69, 9.17) is 0 Å². The zero-order valence-electron chi connectivity index (χ0n) is 17.0. The van der Waals surface area contributed by atoms with Crippen molar-refractivity contribution in [3.63, 3.8) is 0 Å². The molecule has 0 spiro atoms. The highest BCUT2D eigenvalue weighted by atomic mass is 14.9. The van der Waals surface area contributed by atoms with E-state index in [1.54, 1.807) is 0 Å². The standard InChI is InChI=1S/C30H21N/c1-2-8-24-20-25(13-12-21(24)6-1)22-14-17-26(18-15-22)31-30-11-5-10-28-27-9-4-3-7-23(27)16-19-29(28)30/h1-20,31H. The molecule has 6 aromatic carbocycles. The van der Waals surface area contributed by atoms with Gasteiger partial charge in [-0.2, -0.15) is 0 Å². The molecule has 0 saturated carbocycles. The molecule has 0 bridgehead atoms. The van der Waals surface area contributed by atoms with Crippen LogP contribution in [0.2, 0.25) is 0 Å². The van der Waals surface area contributed by atoms with Crippen molar-refractivity contribution in [2.75, 3.05) is 5.32 Å². The Balaban J connectivity index is 1.34. The molecule has 0 saturated heterocycles. The monoisotopic (exact) mass is 395 g/mol. The Labute approximate surface area is 181 Å². The minimum atomic E-state index is 1.09. The summed E-state index contributed by atoms with van der Waals surface area (Å²) in [5.41, 5.74) is 4.68. The van der Waals surface area contributed by atoms with Gasteiger partial charge in [0.2, 0.25) is 0 Å². The van der Waals surface area contributed by atoms with Crippen LogP contribution in [0.5, 0.6) is 0 Å². The summed E-state index contributed by atoms with van der Waals surface area (Å²) in [4.78, 5) is 0. The first-order valence-corrected chi connectivity index (χ1v) is 10.6. The van der Waals surface area contributed by atoms with Gasteiger partial charge in [0.1, 0.15) is 0 Å². The highest BCUT2D eigenvalue weighted by Gasteiger charge is 2.06. The summed E-state index contributed by atoms with van der Waals surface area (Å²) in [6.45, 7) is 0. The third kappa shape index (κ3) is 3.21. The first-order valence-electron chi connectivity index (χ1n) is 10.6. The molecule has 6 rings (SSSR count). The third-order valence-electron chi connectivity index (χ3n) is 6.03. The summed E-state index contributed by atoms with van der Waals surface area (Å²) in [5, 5.41) is 11.2. The summed E-state index contributed by atoms with van der Waals surface area (Å²) < 4.78 is 0. The van der Waals surface area contributed by atoms with Crippen LogP contribution < -0.4 is 5.32 Å². The molecule has 0 amide bonds. The summed E-state index contributed by atoms with van der Waals surface area (Å²) in [5.74, 6) is 0. The molecule has 31 heavy (non-hydrogen) atoms. The molecule has 0 fully saturated rings. The van der Waals surface area contributed by atoms with Gasteiger partial charge in [-0.3, -0.25) is 0 Å². The third-order valence-corrected chi connectivity index (χ3v) is 6.03. The second kappa shape index (κ2) is 7.30. The molecular formula is C30H21N. The molecule has 0 heterocycles. The number of anilines is 2. The highest BCUT2D eigenvalue weighted by Crippen LogP contribution is 2.32. The average molecular weight is 396 g/mol. The van der Waals surface area contributed by atoms with Crippen molar-refractivity contribution in [2.24, 2.45) is 0 Å². The van der Waals surface area contributed by atoms with Crippen molar-refractivity contribution in [3.8, 4) is 11.1 Å². The Hall–Kier alpha value is -4.10. The van der Waals surface area contributed by atoms with Crippen molar-refractivity contribution in [3.05, 3.63) is 121 Å². The number of benzene rings is 6. The predicted molar refractivity (Wildman–Crippen MR) is 134 cm³/mol. The quantitative estimate of drug-likeness (QED) is 0.296. The van der Waals surface area contributed by atoms with Crippen LogP contribution >= 0.6 is 0 Å². The molecule has 1 N–H and O–H groups in total. The summed E-state index contributed by atoms with van der Waals surface area (Å²) in [6.07, 6.45) is 0. The molecule has 0 aliphatic heterocycles. The van der Waals surface area contributed by atoms with E-state index in [9.17, 15) is 0 Å². The van der Waals surface area contributed by atoms with E-state index in [0.29, 0.717) is 0 Å². The zero-order valence-corrected chi connectivity index (χ0v) is 17.0. The normalized spacial score (nSPS) is 11.2. The van der Waals surface area contributed by atoms with Crippen LogP contribution in [-0.4, -0.2) is 0 Å². The Morgan fingerprint density at radius 3 is 1.94 bits per heavy atom. The van der Waals surface area contributed by atoms with Gasteiger partial charge in [0.05, 0.1) is 0 Å². The van der Waals surface area contributed by atoms with Crippen molar-refractivity contribution in [1.29, 1.82) is 0 Å². The van der Waals surface area contributed by atoms with E-state index in [1.165, 1.54) is 43.4 Å². The molecule has 0 aliphatic carbocycles. The number of rotatable bonds is 3. The highest BCUT2D eigenvalue weighted by molar-refractivity contribution is 6.11. The number of hydrogen-bond acceptors (Lipinski definition) is 1. The first kappa shape index (κ1) is 17.7. The Morgan fingerprint density at radius 2 is 1.06 bits per heavy atom. The van der Waals surface area contributed by atoms with Gasteiger partial charge in [-0.15, -0.1) is 0 Å².